The minimum atomic E-state index is -0.819. The molecule has 2 aliphatic rings. The van der Waals surface area contributed by atoms with E-state index in [1.807, 2.05) is 0 Å². The fourth-order valence-corrected chi connectivity index (χ4v) is 3.51. The molecule has 1 heterocycles. The quantitative estimate of drug-likeness (QED) is 0.550. The van der Waals surface area contributed by atoms with Gasteiger partial charge in [-0.2, -0.15) is 0 Å². The summed E-state index contributed by atoms with van der Waals surface area (Å²) in [4.78, 5) is 23.4. The van der Waals surface area contributed by atoms with Crippen LogP contribution in [0.2, 0.25) is 0 Å². The summed E-state index contributed by atoms with van der Waals surface area (Å²) in [6, 6.07) is 3.34. The molecule has 4 nitrogen and oxygen atoms in total. The molecule has 0 saturated carbocycles. The van der Waals surface area contributed by atoms with Gasteiger partial charge in [0.2, 0.25) is 5.91 Å². The van der Waals surface area contributed by atoms with Crippen LogP contribution in [0.3, 0.4) is 0 Å². The summed E-state index contributed by atoms with van der Waals surface area (Å²) in [5.74, 6) is -0.0214. The monoisotopic (exact) mass is 343 g/mol. The maximum atomic E-state index is 12.0. The van der Waals surface area contributed by atoms with Crippen molar-refractivity contribution in [3.8, 4) is 5.75 Å². The Bertz CT molecular complexity index is 555. The summed E-state index contributed by atoms with van der Waals surface area (Å²) >= 11 is 2.08. The number of nitrogens with one attached hydrogen (secondary N) is 1. The van der Waals surface area contributed by atoms with Crippen LogP contribution in [0.25, 0.3) is 0 Å². The van der Waals surface area contributed by atoms with Crippen molar-refractivity contribution in [3.63, 3.8) is 0 Å². The van der Waals surface area contributed by atoms with Gasteiger partial charge in [-0.3, -0.25) is 9.59 Å². The molecule has 1 fully saturated rings. The molecule has 3 rings (SSSR count). The van der Waals surface area contributed by atoms with Gasteiger partial charge >= 0.3 is 0 Å². The van der Waals surface area contributed by atoms with Crippen LogP contribution in [0.5, 0.6) is 5.75 Å². The van der Waals surface area contributed by atoms with Crippen molar-refractivity contribution in [2.75, 3.05) is 0 Å². The normalized spacial score (nSPS) is 26.4. The van der Waals surface area contributed by atoms with Crippen LogP contribution >= 0.6 is 22.6 Å². The van der Waals surface area contributed by atoms with E-state index < -0.39 is 5.54 Å². The molecule has 1 atom stereocenters. The zero-order valence-corrected chi connectivity index (χ0v) is 11.1. The number of halogens is 1. The lowest BCUT2D eigenvalue weighted by molar-refractivity contribution is -0.123. The van der Waals surface area contributed by atoms with Crippen LogP contribution in [0.15, 0.2) is 12.1 Å². The van der Waals surface area contributed by atoms with Gasteiger partial charge < -0.3 is 10.4 Å². The number of phenolic OH excluding ortho intramolecular Hbond substituents is 1. The van der Waals surface area contributed by atoms with Gasteiger partial charge in [0.05, 0.1) is 9.99 Å². The summed E-state index contributed by atoms with van der Waals surface area (Å²) in [6.45, 7) is 0. The highest BCUT2D eigenvalue weighted by Crippen LogP contribution is 2.44. The number of phenols is 1. The predicted octanol–water partition coefficient (Wildman–Crippen LogP) is 1.23. The van der Waals surface area contributed by atoms with Crippen LogP contribution in [0.4, 0.5) is 0 Å². The van der Waals surface area contributed by atoms with Crippen LogP contribution in [0.1, 0.15) is 24.0 Å². The summed E-state index contributed by atoms with van der Waals surface area (Å²) in [6.07, 6.45) is 1.29. The van der Waals surface area contributed by atoms with Crippen LogP contribution in [-0.2, 0) is 21.5 Å². The van der Waals surface area contributed by atoms with Gasteiger partial charge in [-0.15, -0.1) is 0 Å². The number of benzene rings is 1. The second kappa shape index (κ2) is 3.44. The number of aromatic hydroxyl groups is 1. The topological polar surface area (TPSA) is 66.4 Å². The average molecular weight is 343 g/mol. The molecule has 1 aliphatic heterocycles. The molecule has 88 valence electrons. The van der Waals surface area contributed by atoms with Gasteiger partial charge in [-0.05, 0) is 52.6 Å². The number of fused-ring (bicyclic) bond motifs is 2. The highest BCUT2D eigenvalue weighted by molar-refractivity contribution is 14.1. The third kappa shape index (κ3) is 1.34. The summed E-state index contributed by atoms with van der Waals surface area (Å²) in [5, 5.41) is 12.5. The summed E-state index contributed by atoms with van der Waals surface area (Å²) in [5.41, 5.74) is 1.02. The molecule has 1 aliphatic carbocycles. The molecule has 1 aromatic rings. The zero-order valence-electron chi connectivity index (χ0n) is 8.92. The lowest BCUT2D eigenvalue weighted by atomic mass is 9.89. The fraction of sp³-hybridized carbons (Fsp3) is 0.333. The average Bonchev–Trinajstić information content (AvgIpc) is 2.77. The van der Waals surface area contributed by atoms with Gasteiger partial charge in [0.1, 0.15) is 11.3 Å². The Hall–Kier alpha value is -1.11. The number of carbonyl (C=O) groups is 2. The number of hydrogen-bond donors (Lipinski definition) is 2. The first-order valence-corrected chi connectivity index (χ1v) is 6.47. The smallest absolute Gasteiger partial charge is 0.228 e. The van der Waals surface area contributed by atoms with Gasteiger partial charge in [-0.1, -0.05) is 6.07 Å². The highest BCUT2D eigenvalue weighted by Gasteiger charge is 2.51. The molecular formula is C12H10INO3. The third-order valence-corrected chi connectivity index (χ3v) is 4.79. The van der Waals surface area contributed by atoms with Gasteiger partial charge in [0.15, 0.2) is 5.78 Å². The minimum Gasteiger partial charge on any atom is -0.507 e. The molecule has 1 unspecified atom stereocenters. The molecular weight excluding hydrogens is 333 g/mol. The number of hydrogen-bond acceptors (Lipinski definition) is 3. The number of ketones is 1. The third-order valence-electron chi connectivity index (χ3n) is 3.58. The Labute approximate surface area is 112 Å². The largest absolute Gasteiger partial charge is 0.507 e. The van der Waals surface area contributed by atoms with Crippen molar-refractivity contribution in [1.82, 2.24) is 5.32 Å². The number of rotatable bonds is 0. The van der Waals surface area contributed by atoms with E-state index in [1.54, 1.807) is 12.1 Å². The van der Waals surface area contributed by atoms with Gasteiger partial charge in [0, 0.05) is 0 Å². The molecule has 1 spiro atoms. The Morgan fingerprint density at radius 3 is 2.76 bits per heavy atom. The molecule has 2 N–H and O–H groups in total. The van der Waals surface area contributed by atoms with E-state index in [0.29, 0.717) is 12.8 Å². The van der Waals surface area contributed by atoms with Crippen molar-refractivity contribution in [3.05, 3.63) is 26.8 Å². The second-order valence-corrected chi connectivity index (χ2v) is 5.56. The van der Waals surface area contributed by atoms with Crippen molar-refractivity contribution in [2.24, 2.45) is 0 Å². The Balaban J connectivity index is 2.20. The second-order valence-electron chi connectivity index (χ2n) is 4.48. The maximum absolute atomic E-state index is 12.0. The fourth-order valence-electron chi connectivity index (χ4n) is 2.77. The van der Waals surface area contributed by atoms with E-state index >= 15 is 0 Å². The van der Waals surface area contributed by atoms with Crippen LogP contribution in [-0.4, -0.2) is 16.8 Å². The number of carbonyl (C=O) groups excluding carboxylic acids is 2. The highest BCUT2D eigenvalue weighted by atomic mass is 127. The molecule has 17 heavy (non-hydrogen) atoms. The van der Waals surface area contributed by atoms with Crippen molar-refractivity contribution >= 4 is 34.3 Å². The first kappa shape index (κ1) is 11.0. The Kier molecular flexibility index (Phi) is 2.23. The summed E-state index contributed by atoms with van der Waals surface area (Å²) in [7, 11) is 0. The standard InChI is InChI=1S/C12H10INO3/c13-11-6-3-4-12(7(6)1-2-8(11)15)9(16)5-10(17)14-12/h1-2,15H,3-5H2,(H,14,17). The van der Waals surface area contributed by atoms with E-state index in [9.17, 15) is 14.7 Å². The van der Waals surface area contributed by atoms with E-state index in [-0.39, 0.29) is 23.9 Å². The van der Waals surface area contributed by atoms with E-state index in [2.05, 4.69) is 27.9 Å². The van der Waals surface area contributed by atoms with Crippen LogP contribution < -0.4 is 5.32 Å². The zero-order chi connectivity index (χ0) is 12.2. The first-order valence-electron chi connectivity index (χ1n) is 5.40. The van der Waals surface area contributed by atoms with Gasteiger partial charge in [-0.25, -0.2) is 0 Å². The Morgan fingerprint density at radius 1 is 1.35 bits per heavy atom. The molecule has 1 aromatic carbocycles. The maximum Gasteiger partial charge on any atom is 0.228 e. The molecule has 0 radical (unpaired) electrons. The van der Waals surface area contributed by atoms with Crippen molar-refractivity contribution in [2.45, 2.75) is 24.8 Å². The van der Waals surface area contributed by atoms with E-state index in [0.717, 1.165) is 14.7 Å². The molecule has 0 bridgehead atoms. The first-order chi connectivity index (χ1) is 8.04. The van der Waals surface area contributed by atoms with Gasteiger partial charge in [0.25, 0.3) is 0 Å². The van der Waals surface area contributed by atoms with Crippen molar-refractivity contribution in [1.29, 1.82) is 0 Å². The molecule has 1 amide bonds. The number of amides is 1. The molecule has 0 aromatic heterocycles. The Morgan fingerprint density at radius 2 is 2.12 bits per heavy atom. The molecule has 5 heteroatoms. The molecule has 1 saturated heterocycles. The minimum absolute atomic E-state index is 0.0309. The lowest BCUT2D eigenvalue weighted by Crippen LogP contribution is -2.41. The predicted molar refractivity (Wildman–Crippen MR) is 68.6 cm³/mol. The van der Waals surface area contributed by atoms with E-state index in [4.69, 9.17) is 0 Å². The van der Waals surface area contributed by atoms with Crippen molar-refractivity contribution < 1.29 is 14.7 Å². The van der Waals surface area contributed by atoms with E-state index in [1.165, 1.54) is 0 Å². The van der Waals surface area contributed by atoms with Crippen LogP contribution in [0, 0.1) is 3.57 Å². The lowest BCUT2D eigenvalue weighted by Gasteiger charge is -2.23. The number of Topliss-reactive ketones (excluding diaryl/α,β-unsaturated/α-hetero) is 1. The summed E-state index contributed by atoms with van der Waals surface area (Å²) < 4.78 is 0.783. The SMILES string of the molecule is O=C1CC(=O)C2(CCc3c2ccc(O)c3I)N1.